The molecule has 0 unspecified atom stereocenters. The van der Waals surface area contributed by atoms with E-state index >= 15 is 0 Å². The summed E-state index contributed by atoms with van der Waals surface area (Å²) in [6, 6.07) is 17.9. The van der Waals surface area contributed by atoms with Crippen LogP contribution < -0.4 is 5.43 Å². The SMILES string of the molecule is Cc1cc2nc(-c3ccc(C(=O)N/N=C/c4ccc(O)cc4)cc3)[nH]c2cc1C. The highest BCUT2D eigenvalue weighted by atomic mass is 16.3. The number of aromatic hydroxyl groups is 1. The average Bonchev–Trinajstić information content (AvgIpc) is 3.12. The lowest BCUT2D eigenvalue weighted by molar-refractivity contribution is 0.0955. The van der Waals surface area contributed by atoms with Crippen LogP contribution in [-0.4, -0.2) is 27.2 Å². The summed E-state index contributed by atoms with van der Waals surface area (Å²) in [4.78, 5) is 20.2. The Balaban J connectivity index is 1.47. The van der Waals surface area contributed by atoms with Gasteiger partial charge in [-0.15, -0.1) is 0 Å². The van der Waals surface area contributed by atoms with Crippen molar-refractivity contribution in [3.8, 4) is 17.1 Å². The number of hydrogen-bond acceptors (Lipinski definition) is 4. The lowest BCUT2D eigenvalue weighted by Crippen LogP contribution is -2.17. The number of phenols is 1. The summed E-state index contributed by atoms with van der Waals surface area (Å²) in [5.74, 6) is 0.644. The normalized spacial score (nSPS) is 11.2. The van der Waals surface area contributed by atoms with Gasteiger partial charge in [0, 0.05) is 11.1 Å². The summed E-state index contributed by atoms with van der Waals surface area (Å²) in [5.41, 5.74) is 9.01. The molecule has 1 aromatic heterocycles. The fourth-order valence-electron chi connectivity index (χ4n) is 2.98. The maximum atomic E-state index is 12.3. The smallest absolute Gasteiger partial charge is 0.271 e. The third kappa shape index (κ3) is 4.01. The predicted octanol–water partition coefficient (Wildman–Crippen LogP) is 4.32. The summed E-state index contributed by atoms with van der Waals surface area (Å²) >= 11 is 0. The van der Waals surface area contributed by atoms with Gasteiger partial charge in [0.25, 0.3) is 5.91 Å². The first-order valence-electron chi connectivity index (χ1n) is 9.19. The monoisotopic (exact) mass is 384 g/mol. The van der Waals surface area contributed by atoms with Gasteiger partial charge in [0.2, 0.25) is 0 Å². The van der Waals surface area contributed by atoms with Crippen molar-refractivity contribution in [2.24, 2.45) is 5.10 Å². The van der Waals surface area contributed by atoms with Crippen LogP contribution in [0.15, 0.2) is 65.8 Å². The van der Waals surface area contributed by atoms with E-state index in [4.69, 9.17) is 0 Å². The van der Waals surface area contributed by atoms with Crippen LogP contribution in [0.5, 0.6) is 5.75 Å². The van der Waals surface area contributed by atoms with Crippen LogP contribution in [-0.2, 0) is 0 Å². The lowest BCUT2D eigenvalue weighted by Gasteiger charge is -2.01. The standard InChI is InChI=1S/C23H20N4O2/c1-14-11-20-21(12-15(14)2)26-22(25-20)17-5-7-18(8-6-17)23(29)27-24-13-16-3-9-19(28)10-4-16/h3-13,28H,1-2H3,(H,25,26)(H,27,29)/b24-13+. The quantitative estimate of drug-likeness (QED) is 0.362. The Bertz CT molecular complexity index is 1170. The van der Waals surface area contributed by atoms with Crippen LogP contribution in [0.4, 0.5) is 0 Å². The molecule has 4 aromatic rings. The summed E-state index contributed by atoms with van der Waals surface area (Å²) < 4.78 is 0. The molecule has 6 heteroatoms. The number of phenolic OH excluding ortho intramolecular Hbond substituents is 1. The van der Waals surface area contributed by atoms with Crippen molar-refractivity contribution in [2.45, 2.75) is 13.8 Å². The summed E-state index contributed by atoms with van der Waals surface area (Å²) in [7, 11) is 0. The first-order valence-corrected chi connectivity index (χ1v) is 9.19. The molecule has 0 radical (unpaired) electrons. The van der Waals surface area contributed by atoms with E-state index in [9.17, 15) is 9.90 Å². The van der Waals surface area contributed by atoms with E-state index in [0.717, 1.165) is 28.0 Å². The van der Waals surface area contributed by atoms with Crippen LogP contribution in [0.2, 0.25) is 0 Å². The van der Waals surface area contributed by atoms with Crippen molar-refractivity contribution >= 4 is 23.2 Å². The number of H-pyrrole nitrogens is 1. The second kappa shape index (κ2) is 7.59. The molecule has 0 saturated heterocycles. The maximum absolute atomic E-state index is 12.3. The Labute approximate surface area is 167 Å². The molecule has 0 atom stereocenters. The van der Waals surface area contributed by atoms with Gasteiger partial charge in [-0.05, 0) is 79.1 Å². The highest BCUT2D eigenvalue weighted by Crippen LogP contribution is 2.23. The molecule has 0 aliphatic heterocycles. The molecular weight excluding hydrogens is 364 g/mol. The Kier molecular flexibility index (Phi) is 4.83. The zero-order valence-electron chi connectivity index (χ0n) is 16.1. The van der Waals surface area contributed by atoms with E-state index < -0.39 is 0 Å². The number of hydrogen-bond donors (Lipinski definition) is 3. The number of nitrogens with one attached hydrogen (secondary N) is 2. The number of imidazole rings is 1. The van der Waals surface area contributed by atoms with Gasteiger partial charge in [0.1, 0.15) is 11.6 Å². The summed E-state index contributed by atoms with van der Waals surface area (Å²) in [5, 5.41) is 13.2. The minimum atomic E-state index is -0.303. The molecule has 1 heterocycles. The number of carbonyl (C=O) groups excluding carboxylic acids is 1. The number of fused-ring (bicyclic) bond motifs is 1. The Morgan fingerprint density at radius 1 is 1.03 bits per heavy atom. The van der Waals surface area contributed by atoms with Gasteiger partial charge >= 0.3 is 0 Å². The van der Waals surface area contributed by atoms with Gasteiger partial charge < -0.3 is 10.1 Å². The number of benzene rings is 3. The summed E-state index contributed by atoms with van der Waals surface area (Å²) in [6.07, 6.45) is 1.52. The first-order chi connectivity index (χ1) is 14.0. The topological polar surface area (TPSA) is 90.4 Å². The van der Waals surface area contributed by atoms with Crippen molar-refractivity contribution in [2.75, 3.05) is 0 Å². The number of amides is 1. The minimum Gasteiger partial charge on any atom is -0.508 e. The van der Waals surface area contributed by atoms with Crippen LogP contribution in [0.3, 0.4) is 0 Å². The molecule has 6 nitrogen and oxygen atoms in total. The molecule has 3 N–H and O–H groups in total. The zero-order chi connectivity index (χ0) is 20.4. The number of carbonyl (C=O) groups is 1. The molecular formula is C23H20N4O2. The number of nitrogens with zero attached hydrogens (tertiary/aromatic N) is 2. The lowest BCUT2D eigenvalue weighted by atomic mass is 10.1. The molecule has 0 spiro atoms. The molecule has 0 bridgehead atoms. The fourth-order valence-corrected chi connectivity index (χ4v) is 2.98. The van der Waals surface area contributed by atoms with Crippen LogP contribution in [0.25, 0.3) is 22.4 Å². The fraction of sp³-hybridized carbons (Fsp3) is 0.0870. The van der Waals surface area contributed by atoms with Crippen molar-refractivity contribution in [1.29, 1.82) is 0 Å². The van der Waals surface area contributed by atoms with E-state index in [1.165, 1.54) is 17.3 Å². The van der Waals surface area contributed by atoms with Crippen LogP contribution >= 0.6 is 0 Å². The van der Waals surface area contributed by atoms with Gasteiger partial charge in [0.05, 0.1) is 17.2 Å². The molecule has 1 amide bonds. The number of aromatic nitrogens is 2. The number of rotatable bonds is 4. The Morgan fingerprint density at radius 2 is 1.72 bits per heavy atom. The average molecular weight is 384 g/mol. The van der Waals surface area contributed by atoms with Gasteiger partial charge in [-0.1, -0.05) is 12.1 Å². The molecule has 0 fully saturated rings. The van der Waals surface area contributed by atoms with E-state index in [-0.39, 0.29) is 11.7 Å². The molecule has 3 aromatic carbocycles. The molecule has 144 valence electrons. The molecule has 29 heavy (non-hydrogen) atoms. The van der Waals surface area contributed by atoms with E-state index in [1.807, 2.05) is 12.1 Å². The van der Waals surface area contributed by atoms with Crippen molar-refractivity contribution in [3.05, 3.63) is 82.9 Å². The van der Waals surface area contributed by atoms with Crippen molar-refractivity contribution in [1.82, 2.24) is 15.4 Å². The van der Waals surface area contributed by atoms with Gasteiger partial charge in [-0.2, -0.15) is 5.10 Å². The van der Waals surface area contributed by atoms with Gasteiger partial charge in [0.15, 0.2) is 0 Å². The maximum Gasteiger partial charge on any atom is 0.271 e. The van der Waals surface area contributed by atoms with Crippen LogP contribution in [0.1, 0.15) is 27.0 Å². The van der Waals surface area contributed by atoms with Gasteiger partial charge in [-0.25, -0.2) is 10.4 Å². The zero-order valence-corrected chi connectivity index (χ0v) is 16.1. The highest BCUT2D eigenvalue weighted by Gasteiger charge is 2.09. The number of aryl methyl sites for hydroxylation is 2. The second-order valence-electron chi connectivity index (χ2n) is 6.91. The predicted molar refractivity (Wildman–Crippen MR) is 114 cm³/mol. The third-order valence-corrected chi connectivity index (χ3v) is 4.79. The van der Waals surface area contributed by atoms with E-state index in [1.54, 1.807) is 36.4 Å². The minimum absolute atomic E-state index is 0.181. The Hall–Kier alpha value is -3.93. The van der Waals surface area contributed by atoms with E-state index in [0.29, 0.717) is 5.56 Å². The van der Waals surface area contributed by atoms with Crippen LogP contribution in [0, 0.1) is 13.8 Å². The van der Waals surface area contributed by atoms with E-state index in [2.05, 4.69) is 46.5 Å². The van der Waals surface area contributed by atoms with Gasteiger partial charge in [-0.3, -0.25) is 4.79 Å². The second-order valence-corrected chi connectivity index (χ2v) is 6.91. The first kappa shape index (κ1) is 18.4. The number of aromatic amines is 1. The molecule has 4 rings (SSSR count). The largest absolute Gasteiger partial charge is 0.508 e. The molecule has 0 aliphatic rings. The third-order valence-electron chi connectivity index (χ3n) is 4.79. The number of hydrazone groups is 1. The van der Waals surface area contributed by atoms with Crippen molar-refractivity contribution in [3.63, 3.8) is 0 Å². The summed E-state index contributed by atoms with van der Waals surface area (Å²) in [6.45, 7) is 4.15. The molecule has 0 saturated carbocycles. The Morgan fingerprint density at radius 3 is 2.45 bits per heavy atom. The molecule has 0 aliphatic carbocycles. The highest BCUT2D eigenvalue weighted by molar-refractivity contribution is 5.95. The van der Waals surface area contributed by atoms with Crippen molar-refractivity contribution < 1.29 is 9.90 Å².